The second-order valence-corrected chi connectivity index (χ2v) is 5.80. The fourth-order valence-corrected chi connectivity index (χ4v) is 2.02. The number of ether oxygens (including phenoxy) is 1. The van der Waals surface area contributed by atoms with Crippen molar-refractivity contribution in [2.45, 2.75) is 46.1 Å². The molecule has 0 aromatic rings. The molecule has 4 nitrogen and oxygen atoms in total. The van der Waals surface area contributed by atoms with E-state index in [1.165, 1.54) is 0 Å². The molecule has 3 N–H and O–H groups in total. The smallest absolute Gasteiger partial charge is 0.220 e. The van der Waals surface area contributed by atoms with Crippen LogP contribution in [0.5, 0.6) is 0 Å². The Kier molecular flexibility index (Phi) is 7.39. The number of carbonyl (C=O) groups excluding carboxylic acids is 1. The lowest BCUT2D eigenvalue weighted by Gasteiger charge is -2.26. The molecule has 0 radical (unpaired) electrons. The van der Waals surface area contributed by atoms with E-state index in [9.17, 15) is 4.79 Å². The van der Waals surface area contributed by atoms with E-state index in [1.54, 1.807) is 7.11 Å². The summed E-state index contributed by atoms with van der Waals surface area (Å²) >= 11 is 0. The maximum absolute atomic E-state index is 11.9. The number of amides is 1. The molecule has 0 aromatic carbocycles. The molecule has 4 heteroatoms. The van der Waals surface area contributed by atoms with Crippen molar-refractivity contribution >= 4 is 5.91 Å². The van der Waals surface area contributed by atoms with Crippen molar-refractivity contribution in [3.05, 3.63) is 0 Å². The largest absolute Gasteiger partial charge is 0.382 e. The molecule has 0 saturated carbocycles. The van der Waals surface area contributed by atoms with E-state index in [4.69, 9.17) is 10.5 Å². The van der Waals surface area contributed by atoms with Gasteiger partial charge in [0.15, 0.2) is 0 Å². The summed E-state index contributed by atoms with van der Waals surface area (Å²) in [5.74, 6) is 0.903. The molecular formula is C13H28N2O2. The summed E-state index contributed by atoms with van der Waals surface area (Å²) in [7, 11) is 1.63. The van der Waals surface area contributed by atoms with Gasteiger partial charge in [0.05, 0.1) is 12.1 Å². The highest BCUT2D eigenvalue weighted by Gasteiger charge is 2.22. The standard InChI is InChI=1S/C13H28N2O2/c1-10(2)6-11(8-14)7-12(16)15-13(3,4)9-17-5/h10-11H,6-9,14H2,1-5H3,(H,15,16)/t11-/m0/s1. The van der Waals surface area contributed by atoms with Gasteiger partial charge in [-0.05, 0) is 38.6 Å². The maximum atomic E-state index is 11.9. The highest BCUT2D eigenvalue weighted by molar-refractivity contribution is 5.77. The lowest BCUT2D eigenvalue weighted by atomic mass is 9.93. The van der Waals surface area contributed by atoms with Gasteiger partial charge in [-0.25, -0.2) is 0 Å². The molecule has 0 bridgehead atoms. The molecule has 0 aromatic heterocycles. The van der Waals surface area contributed by atoms with Crippen molar-refractivity contribution in [2.24, 2.45) is 17.6 Å². The van der Waals surface area contributed by atoms with Crippen LogP contribution in [0, 0.1) is 11.8 Å². The highest BCUT2D eigenvalue weighted by Crippen LogP contribution is 2.15. The van der Waals surface area contributed by atoms with Gasteiger partial charge in [-0.15, -0.1) is 0 Å². The van der Waals surface area contributed by atoms with Gasteiger partial charge in [0, 0.05) is 13.5 Å². The van der Waals surface area contributed by atoms with Crippen LogP contribution in [-0.4, -0.2) is 31.7 Å². The molecule has 1 atom stereocenters. The summed E-state index contributed by atoms with van der Waals surface area (Å²) in [5, 5.41) is 2.98. The summed E-state index contributed by atoms with van der Waals surface area (Å²) in [5.41, 5.74) is 5.37. The van der Waals surface area contributed by atoms with Crippen molar-refractivity contribution in [3.8, 4) is 0 Å². The molecule has 0 saturated heterocycles. The first kappa shape index (κ1) is 16.4. The zero-order valence-electron chi connectivity index (χ0n) is 11.9. The molecule has 102 valence electrons. The molecular weight excluding hydrogens is 216 g/mol. The van der Waals surface area contributed by atoms with Crippen LogP contribution in [0.25, 0.3) is 0 Å². The fourth-order valence-electron chi connectivity index (χ4n) is 2.02. The molecule has 0 aliphatic carbocycles. The van der Waals surface area contributed by atoms with Crippen LogP contribution in [-0.2, 0) is 9.53 Å². The molecule has 17 heavy (non-hydrogen) atoms. The second-order valence-electron chi connectivity index (χ2n) is 5.80. The van der Waals surface area contributed by atoms with Crippen LogP contribution in [0.4, 0.5) is 0 Å². The SMILES string of the molecule is COCC(C)(C)NC(=O)C[C@@H](CN)CC(C)C. The third-order valence-electron chi connectivity index (χ3n) is 2.60. The topological polar surface area (TPSA) is 64.3 Å². The van der Waals surface area contributed by atoms with Crippen molar-refractivity contribution in [1.82, 2.24) is 5.32 Å². The molecule has 1 amide bonds. The number of rotatable bonds is 8. The zero-order valence-corrected chi connectivity index (χ0v) is 11.9. The molecule has 0 spiro atoms. The lowest BCUT2D eigenvalue weighted by Crippen LogP contribution is -2.47. The van der Waals surface area contributed by atoms with Gasteiger partial charge in [-0.3, -0.25) is 4.79 Å². The van der Waals surface area contributed by atoms with Gasteiger partial charge in [-0.1, -0.05) is 13.8 Å². The first-order valence-corrected chi connectivity index (χ1v) is 6.30. The van der Waals surface area contributed by atoms with Gasteiger partial charge < -0.3 is 15.8 Å². The van der Waals surface area contributed by atoms with E-state index in [-0.39, 0.29) is 17.4 Å². The van der Waals surface area contributed by atoms with Crippen LogP contribution < -0.4 is 11.1 Å². The van der Waals surface area contributed by atoms with Crippen LogP contribution in [0.1, 0.15) is 40.5 Å². The van der Waals surface area contributed by atoms with Gasteiger partial charge >= 0.3 is 0 Å². The maximum Gasteiger partial charge on any atom is 0.220 e. The Bertz CT molecular complexity index is 227. The summed E-state index contributed by atoms with van der Waals surface area (Å²) in [6.07, 6.45) is 1.50. The average molecular weight is 244 g/mol. The average Bonchev–Trinajstić information content (AvgIpc) is 2.14. The first-order chi connectivity index (χ1) is 7.80. The number of carbonyl (C=O) groups is 1. The monoisotopic (exact) mass is 244 g/mol. The minimum absolute atomic E-state index is 0.0585. The van der Waals surface area contributed by atoms with E-state index in [0.717, 1.165) is 6.42 Å². The summed E-state index contributed by atoms with van der Waals surface area (Å²) in [6, 6.07) is 0. The Morgan fingerprint density at radius 1 is 1.41 bits per heavy atom. The highest BCUT2D eigenvalue weighted by atomic mass is 16.5. The van der Waals surface area contributed by atoms with Crippen molar-refractivity contribution in [1.29, 1.82) is 0 Å². The van der Waals surface area contributed by atoms with Gasteiger partial charge in [-0.2, -0.15) is 0 Å². The predicted molar refractivity (Wildman–Crippen MR) is 70.7 cm³/mol. The van der Waals surface area contributed by atoms with E-state index < -0.39 is 0 Å². The minimum atomic E-state index is -0.317. The number of nitrogens with one attached hydrogen (secondary N) is 1. The van der Waals surface area contributed by atoms with E-state index in [2.05, 4.69) is 19.2 Å². The third-order valence-corrected chi connectivity index (χ3v) is 2.60. The van der Waals surface area contributed by atoms with Crippen LogP contribution in [0.3, 0.4) is 0 Å². The molecule has 0 heterocycles. The Labute approximate surface area is 105 Å². The van der Waals surface area contributed by atoms with E-state index in [0.29, 0.717) is 25.5 Å². The number of methoxy groups -OCH3 is 1. The van der Waals surface area contributed by atoms with E-state index in [1.807, 2.05) is 13.8 Å². The lowest BCUT2D eigenvalue weighted by molar-refractivity contribution is -0.124. The minimum Gasteiger partial charge on any atom is -0.382 e. The summed E-state index contributed by atoms with van der Waals surface area (Å²) in [4.78, 5) is 11.9. The molecule has 0 rings (SSSR count). The zero-order chi connectivity index (χ0) is 13.5. The van der Waals surface area contributed by atoms with Gasteiger partial charge in [0.25, 0.3) is 0 Å². The second kappa shape index (κ2) is 7.67. The molecule has 0 aliphatic heterocycles. The Morgan fingerprint density at radius 3 is 2.41 bits per heavy atom. The van der Waals surface area contributed by atoms with Crippen LogP contribution >= 0.6 is 0 Å². The van der Waals surface area contributed by atoms with Crippen LogP contribution in [0.2, 0.25) is 0 Å². The van der Waals surface area contributed by atoms with Gasteiger partial charge in [0.1, 0.15) is 0 Å². The number of hydrogen-bond acceptors (Lipinski definition) is 3. The fraction of sp³-hybridized carbons (Fsp3) is 0.923. The van der Waals surface area contributed by atoms with E-state index >= 15 is 0 Å². The van der Waals surface area contributed by atoms with Crippen molar-refractivity contribution in [3.63, 3.8) is 0 Å². The van der Waals surface area contributed by atoms with Crippen LogP contribution in [0.15, 0.2) is 0 Å². The molecule has 0 aliphatic rings. The quantitative estimate of drug-likeness (QED) is 0.680. The third kappa shape index (κ3) is 8.16. The number of hydrogen-bond donors (Lipinski definition) is 2. The molecule has 0 unspecified atom stereocenters. The Hall–Kier alpha value is -0.610. The number of nitrogens with two attached hydrogens (primary N) is 1. The normalized spacial score (nSPS) is 13.8. The predicted octanol–water partition coefficient (Wildman–Crippen LogP) is 1.54. The first-order valence-electron chi connectivity index (χ1n) is 6.30. The van der Waals surface area contributed by atoms with Crippen molar-refractivity contribution < 1.29 is 9.53 Å². The summed E-state index contributed by atoms with van der Waals surface area (Å²) < 4.78 is 5.06. The van der Waals surface area contributed by atoms with Crippen molar-refractivity contribution in [2.75, 3.05) is 20.3 Å². The Balaban J connectivity index is 4.14. The summed E-state index contributed by atoms with van der Waals surface area (Å²) in [6.45, 7) is 9.28. The van der Waals surface area contributed by atoms with Gasteiger partial charge in [0.2, 0.25) is 5.91 Å². The molecule has 0 fully saturated rings. The Morgan fingerprint density at radius 2 is 2.00 bits per heavy atom.